The topological polar surface area (TPSA) is 50.8 Å². The average Bonchev–Trinajstić information content (AvgIpc) is 2.72. The monoisotopic (exact) mass is 187 g/mol. The maximum atomic E-state index is 5.38. The summed E-state index contributed by atoms with van der Waals surface area (Å²) in [4.78, 5) is 0. The van der Waals surface area contributed by atoms with E-state index >= 15 is 0 Å². The molecule has 0 aliphatic rings. The Hall–Kier alpha value is -2.10. The highest BCUT2D eigenvalue weighted by atomic mass is 16.5. The first-order valence-electron chi connectivity index (χ1n) is 4.14. The van der Waals surface area contributed by atoms with E-state index in [1.54, 1.807) is 6.08 Å². The summed E-state index contributed by atoms with van der Waals surface area (Å²) in [6, 6.07) is 7.54. The molecule has 2 rings (SSSR count). The highest BCUT2D eigenvalue weighted by molar-refractivity contribution is 5.48. The van der Waals surface area contributed by atoms with E-state index in [0.29, 0.717) is 5.88 Å². The molecule has 1 aromatic carbocycles. The van der Waals surface area contributed by atoms with E-state index in [9.17, 15) is 0 Å². The molecule has 0 radical (unpaired) electrons. The summed E-state index contributed by atoms with van der Waals surface area (Å²) < 4.78 is 5.38. The molecular formula is C10H9N3O. The minimum absolute atomic E-state index is 0.455. The smallest absolute Gasteiger partial charge is 0.258 e. The Morgan fingerprint density at radius 1 is 1.29 bits per heavy atom. The number of aromatic nitrogens is 3. The summed E-state index contributed by atoms with van der Waals surface area (Å²) in [6.45, 7) is 3.67. The number of benzene rings is 1. The molecule has 1 aromatic heterocycles. The van der Waals surface area contributed by atoms with Crippen LogP contribution in [-0.2, 0) is 0 Å². The van der Waals surface area contributed by atoms with E-state index in [1.165, 1.54) is 6.20 Å². The lowest BCUT2D eigenvalue weighted by atomic mass is 10.2. The van der Waals surface area contributed by atoms with Crippen LogP contribution in [0.2, 0.25) is 0 Å². The third-order valence-electron chi connectivity index (χ3n) is 1.73. The van der Waals surface area contributed by atoms with Gasteiger partial charge < -0.3 is 4.74 Å². The van der Waals surface area contributed by atoms with Crippen LogP contribution in [0, 0.1) is 0 Å². The van der Waals surface area contributed by atoms with Gasteiger partial charge in [0.1, 0.15) is 11.9 Å². The van der Waals surface area contributed by atoms with Crippen molar-refractivity contribution in [2.75, 3.05) is 0 Å². The van der Waals surface area contributed by atoms with Gasteiger partial charge in [-0.3, -0.25) is 0 Å². The van der Waals surface area contributed by atoms with Crippen molar-refractivity contribution in [3.8, 4) is 11.6 Å². The standard InChI is InChI=1S/C10H9N3O/c1-2-8-3-5-9(6-4-8)14-10-7-11-13-12-10/h2-7H,1H2,(H,11,12,13). The summed E-state index contributed by atoms with van der Waals surface area (Å²) in [6.07, 6.45) is 3.29. The fourth-order valence-electron chi connectivity index (χ4n) is 1.03. The lowest BCUT2D eigenvalue weighted by molar-refractivity contribution is 0.461. The maximum absolute atomic E-state index is 5.38. The van der Waals surface area contributed by atoms with Crippen molar-refractivity contribution in [3.05, 3.63) is 42.6 Å². The highest BCUT2D eigenvalue weighted by Crippen LogP contribution is 2.18. The number of aromatic amines is 1. The Morgan fingerprint density at radius 3 is 2.64 bits per heavy atom. The van der Waals surface area contributed by atoms with Crippen molar-refractivity contribution in [3.63, 3.8) is 0 Å². The number of rotatable bonds is 3. The Labute approximate surface area is 81.2 Å². The zero-order valence-electron chi connectivity index (χ0n) is 7.47. The minimum Gasteiger partial charge on any atom is -0.436 e. The molecule has 0 aliphatic carbocycles. The number of ether oxygens (including phenoxy) is 1. The second-order valence-electron chi connectivity index (χ2n) is 2.68. The van der Waals surface area contributed by atoms with Gasteiger partial charge in [0.05, 0.1) is 0 Å². The van der Waals surface area contributed by atoms with Gasteiger partial charge in [0.15, 0.2) is 0 Å². The van der Waals surface area contributed by atoms with Gasteiger partial charge in [0.2, 0.25) is 0 Å². The van der Waals surface area contributed by atoms with Crippen molar-refractivity contribution in [1.82, 2.24) is 15.4 Å². The number of H-pyrrole nitrogens is 1. The van der Waals surface area contributed by atoms with Crippen LogP contribution < -0.4 is 4.74 Å². The summed E-state index contributed by atoms with van der Waals surface area (Å²) in [7, 11) is 0. The molecule has 4 heteroatoms. The highest BCUT2D eigenvalue weighted by Gasteiger charge is 1.98. The molecule has 0 amide bonds. The molecule has 0 saturated carbocycles. The fourth-order valence-corrected chi connectivity index (χ4v) is 1.03. The molecule has 1 N–H and O–H groups in total. The van der Waals surface area contributed by atoms with Crippen LogP contribution in [-0.4, -0.2) is 15.4 Å². The molecule has 0 unspecified atom stereocenters. The quantitative estimate of drug-likeness (QED) is 0.801. The zero-order chi connectivity index (χ0) is 9.80. The van der Waals surface area contributed by atoms with E-state index in [0.717, 1.165) is 11.3 Å². The van der Waals surface area contributed by atoms with Crippen LogP contribution in [0.15, 0.2) is 37.0 Å². The maximum Gasteiger partial charge on any atom is 0.258 e. The van der Waals surface area contributed by atoms with Gasteiger partial charge >= 0.3 is 0 Å². The number of nitrogens with zero attached hydrogens (tertiary/aromatic N) is 2. The summed E-state index contributed by atoms with van der Waals surface area (Å²) in [5.41, 5.74) is 1.05. The molecule has 0 aliphatic heterocycles. The largest absolute Gasteiger partial charge is 0.436 e. The average molecular weight is 187 g/mol. The van der Waals surface area contributed by atoms with Crippen LogP contribution in [0.5, 0.6) is 11.6 Å². The minimum atomic E-state index is 0.455. The molecule has 0 spiro atoms. The SMILES string of the molecule is C=Cc1ccc(Oc2cn[nH]n2)cc1. The number of nitrogens with one attached hydrogen (secondary N) is 1. The van der Waals surface area contributed by atoms with Crippen LogP contribution in [0.3, 0.4) is 0 Å². The molecule has 70 valence electrons. The lowest BCUT2D eigenvalue weighted by Gasteiger charge is -2.00. The third kappa shape index (κ3) is 1.80. The van der Waals surface area contributed by atoms with Gasteiger partial charge in [-0.15, -0.1) is 5.10 Å². The van der Waals surface area contributed by atoms with Crippen LogP contribution in [0.1, 0.15) is 5.56 Å². The molecule has 2 aromatic rings. The van der Waals surface area contributed by atoms with Crippen molar-refractivity contribution in [2.45, 2.75) is 0 Å². The van der Waals surface area contributed by atoms with Gasteiger partial charge in [-0.25, -0.2) is 0 Å². The first kappa shape index (κ1) is 8.50. The number of hydrogen-bond acceptors (Lipinski definition) is 3. The van der Waals surface area contributed by atoms with Crippen molar-refractivity contribution in [1.29, 1.82) is 0 Å². The second kappa shape index (κ2) is 3.74. The molecule has 0 bridgehead atoms. The molecule has 4 nitrogen and oxygen atoms in total. The van der Waals surface area contributed by atoms with Gasteiger partial charge in [-0.2, -0.15) is 10.3 Å². The van der Waals surface area contributed by atoms with Crippen LogP contribution in [0.25, 0.3) is 6.08 Å². The van der Waals surface area contributed by atoms with Crippen molar-refractivity contribution < 1.29 is 4.74 Å². The number of hydrogen-bond donors (Lipinski definition) is 1. The van der Waals surface area contributed by atoms with Gasteiger partial charge in [0, 0.05) is 0 Å². The Kier molecular flexibility index (Phi) is 2.27. The summed E-state index contributed by atoms with van der Waals surface area (Å²) >= 11 is 0. The molecule has 14 heavy (non-hydrogen) atoms. The van der Waals surface area contributed by atoms with Crippen molar-refractivity contribution >= 4 is 6.08 Å². The van der Waals surface area contributed by atoms with E-state index in [4.69, 9.17) is 4.74 Å². The molecule has 0 atom stereocenters. The van der Waals surface area contributed by atoms with Crippen molar-refractivity contribution in [2.24, 2.45) is 0 Å². The van der Waals surface area contributed by atoms with Crippen LogP contribution >= 0.6 is 0 Å². The van der Waals surface area contributed by atoms with E-state index in [1.807, 2.05) is 24.3 Å². The predicted molar refractivity (Wildman–Crippen MR) is 53.0 cm³/mol. The first-order valence-corrected chi connectivity index (χ1v) is 4.14. The van der Waals surface area contributed by atoms with E-state index in [-0.39, 0.29) is 0 Å². The fraction of sp³-hybridized carbons (Fsp3) is 0. The molecule has 0 saturated heterocycles. The zero-order valence-corrected chi connectivity index (χ0v) is 7.47. The first-order chi connectivity index (χ1) is 6.88. The van der Waals surface area contributed by atoms with E-state index < -0.39 is 0 Å². The van der Waals surface area contributed by atoms with Gasteiger partial charge in [-0.1, -0.05) is 24.8 Å². The van der Waals surface area contributed by atoms with E-state index in [2.05, 4.69) is 22.0 Å². The van der Waals surface area contributed by atoms with Crippen LogP contribution in [0.4, 0.5) is 0 Å². The van der Waals surface area contributed by atoms with Gasteiger partial charge in [0.25, 0.3) is 5.88 Å². The summed E-state index contributed by atoms with van der Waals surface area (Å²) in [5.74, 6) is 1.18. The predicted octanol–water partition coefficient (Wildman–Crippen LogP) is 2.24. The normalized spacial score (nSPS) is 9.71. The molecule has 0 fully saturated rings. The Bertz CT molecular complexity index is 405. The third-order valence-corrected chi connectivity index (χ3v) is 1.73. The second-order valence-corrected chi connectivity index (χ2v) is 2.68. The lowest BCUT2D eigenvalue weighted by Crippen LogP contribution is -1.83. The Morgan fingerprint density at radius 2 is 2.07 bits per heavy atom. The Balaban J connectivity index is 2.14. The summed E-state index contributed by atoms with van der Waals surface area (Å²) in [5, 5.41) is 9.88. The molecular weight excluding hydrogens is 178 g/mol. The molecule has 1 heterocycles. The van der Waals surface area contributed by atoms with Gasteiger partial charge in [-0.05, 0) is 17.7 Å².